The molecular formula is C45H84N4O15. The number of rotatable bonds is 13. The molecule has 0 aromatic rings. The smallest absolute Gasteiger partial charge is 0.315 e. The Bertz CT molecular complexity index is 1440. The average Bonchev–Trinajstić information content (AvgIpc) is 3.22. The van der Waals surface area contributed by atoms with Crippen molar-refractivity contribution in [1.29, 1.82) is 0 Å². The van der Waals surface area contributed by atoms with Crippen LogP contribution < -0.4 is 10.6 Å². The zero-order valence-electron chi connectivity index (χ0n) is 40.6. The summed E-state index contributed by atoms with van der Waals surface area (Å²) in [6.45, 7) is 22.2. The highest BCUT2D eigenvalue weighted by atomic mass is 16.7. The van der Waals surface area contributed by atoms with Gasteiger partial charge in [-0.05, 0) is 94.2 Å². The van der Waals surface area contributed by atoms with Crippen LogP contribution in [-0.4, -0.2) is 197 Å². The van der Waals surface area contributed by atoms with Gasteiger partial charge in [-0.1, -0.05) is 26.8 Å². The molecule has 19 heteroatoms. The van der Waals surface area contributed by atoms with Gasteiger partial charge >= 0.3 is 12.0 Å². The first-order valence-corrected chi connectivity index (χ1v) is 22.7. The lowest BCUT2D eigenvalue weighted by Crippen LogP contribution is -2.60. The van der Waals surface area contributed by atoms with E-state index >= 15 is 0 Å². The van der Waals surface area contributed by atoms with Crippen molar-refractivity contribution in [1.82, 2.24) is 20.4 Å². The molecular weight excluding hydrogens is 837 g/mol. The number of carboxylic acid groups (broad SMARTS) is 1. The Kier molecular flexibility index (Phi) is 23.0. The number of likely N-dealkylation sites (N-methyl/N-ethyl adjacent to an activating group) is 1. The summed E-state index contributed by atoms with van der Waals surface area (Å²) < 4.78 is 37.9. The minimum Gasteiger partial charge on any atom is -0.483 e. The Morgan fingerprint density at radius 2 is 1.62 bits per heavy atom. The van der Waals surface area contributed by atoms with Crippen LogP contribution >= 0.6 is 0 Å². The van der Waals surface area contributed by atoms with E-state index < -0.39 is 96.0 Å². The maximum atomic E-state index is 14.4. The lowest BCUT2D eigenvalue weighted by atomic mass is 9.77. The van der Waals surface area contributed by atoms with E-state index in [2.05, 4.69) is 17.2 Å². The van der Waals surface area contributed by atoms with Crippen LogP contribution in [0.4, 0.5) is 4.79 Å². The molecule has 3 fully saturated rings. The molecule has 0 unspecified atom stereocenters. The van der Waals surface area contributed by atoms with Gasteiger partial charge in [-0.15, -0.1) is 6.58 Å². The van der Waals surface area contributed by atoms with E-state index in [-0.39, 0.29) is 49.8 Å². The number of carbonyl (C=O) groups excluding carboxylic acids is 2. The third kappa shape index (κ3) is 15.2. The van der Waals surface area contributed by atoms with Crippen LogP contribution in [0.2, 0.25) is 0 Å². The molecule has 3 saturated heterocycles. The number of carbonyl (C=O) groups is 3. The van der Waals surface area contributed by atoms with Gasteiger partial charge in [-0.3, -0.25) is 14.5 Å². The summed E-state index contributed by atoms with van der Waals surface area (Å²) in [4.78, 5) is 39.0. The van der Waals surface area contributed by atoms with Gasteiger partial charge in [0.2, 0.25) is 0 Å². The number of aliphatic hydroxyl groups is 5. The molecule has 64 heavy (non-hydrogen) atoms. The molecule has 0 aromatic heterocycles. The third-order valence-corrected chi connectivity index (χ3v) is 13.3. The molecule has 3 aliphatic rings. The van der Waals surface area contributed by atoms with Crippen molar-refractivity contribution < 1.29 is 73.4 Å². The molecule has 2 amide bonds. The third-order valence-electron chi connectivity index (χ3n) is 13.3. The number of ether oxygens (including phenoxy) is 6. The van der Waals surface area contributed by atoms with Crippen molar-refractivity contribution in [2.24, 2.45) is 17.8 Å². The fourth-order valence-electron chi connectivity index (χ4n) is 9.61. The maximum Gasteiger partial charge on any atom is 0.315 e. The number of hydrogen-bond donors (Lipinski definition) is 8. The molecule has 0 spiro atoms. The lowest BCUT2D eigenvalue weighted by Gasteiger charge is -2.48. The number of cyclic esters (lactones) is 1. The quantitative estimate of drug-likeness (QED) is 0.0568. The Labute approximate surface area is 381 Å². The van der Waals surface area contributed by atoms with Gasteiger partial charge in [0, 0.05) is 57.7 Å². The number of aliphatic hydroxyl groups excluding tert-OH is 3. The van der Waals surface area contributed by atoms with Crippen molar-refractivity contribution in [3.8, 4) is 0 Å². The van der Waals surface area contributed by atoms with Gasteiger partial charge in [0.05, 0.1) is 41.5 Å². The van der Waals surface area contributed by atoms with Gasteiger partial charge < -0.3 is 74.6 Å². The molecule has 0 aliphatic carbocycles. The number of nitrogens with zero attached hydrogens (tertiary/aromatic N) is 2. The highest BCUT2D eigenvalue weighted by Crippen LogP contribution is 2.40. The predicted molar refractivity (Wildman–Crippen MR) is 238 cm³/mol. The van der Waals surface area contributed by atoms with Crippen molar-refractivity contribution in [3.63, 3.8) is 0 Å². The number of amides is 2. The number of methoxy groups -OCH3 is 1. The summed E-state index contributed by atoms with van der Waals surface area (Å²) >= 11 is 0. The Hall–Kier alpha value is -2.53. The summed E-state index contributed by atoms with van der Waals surface area (Å²) in [5.74, 6) is -2.84. The SMILES string of the molecule is C=CCNC(=O)NCCCN1C[C@H](C)C[C@@](C)(O)[C@H](O[C@@H]2O[C@H](C)C[C@H](N(C)C)[C@H]2O)[C@@H](C)[C@H](O[C@H]2C[C@@](C)(OC)[C@@H](O)[C@H](C)O2)[C@@H](C)C(=O)O[C@H](CC)[C@@](C)(O)[C@H](O)[C@H]1C.O=CO. The molecule has 18 atom stereocenters. The van der Waals surface area contributed by atoms with Gasteiger partial charge in [0.25, 0.3) is 6.47 Å². The van der Waals surface area contributed by atoms with Gasteiger partial charge in [-0.25, -0.2) is 4.79 Å². The fraction of sp³-hybridized carbons (Fsp3) is 0.889. The van der Waals surface area contributed by atoms with Crippen LogP contribution in [0, 0.1) is 17.8 Å². The molecule has 8 N–H and O–H groups in total. The van der Waals surface area contributed by atoms with Gasteiger partial charge in [-0.2, -0.15) is 0 Å². The van der Waals surface area contributed by atoms with Crippen molar-refractivity contribution in [2.75, 3.05) is 47.4 Å². The molecule has 3 aliphatic heterocycles. The highest BCUT2D eigenvalue weighted by Gasteiger charge is 2.53. The first-order valence-electron chi connectivity index (χ1n) is 22.7. The Balaban J connectivity index is 0.00000456. The highest BCUT2D eigenvalue weighted by molar-refractivity contribution is 5.74. The van der Waals surface area contributed by atoms with E-state index in [1.165, 1.54) is 14.0 Å². The van der Waals surface area contributed by atoms with E-state index in [0.717, 1.165) is 0 Å². The minimum absolute atomic E-state index is 0.104. The first kappa shape index (κ1) is 57.6. The second-order valence-corrected chi connectivity index (χ2v) is 19.1. The summed E-state index contributed by atoms with van der Waals surface area (Å²) in [6.07, 6.45) is -6.84. The molecule has 374 valence electrons. The fourth-order valence-corrected chi connectivity index (χ4v) is 9.61. The zero-order valence-corrected chi connectivity index (χ0v) is 40.6. The van der Waals surface area contributed by atoms with Crippen molar-refractivity contribution in [3.05, 3.63) is 12.7 Å². The summed E-state index contributed by atoms with van der Waals surface area (Å²) in [7, 11) is 5.25. The van der Waals surface area contributed by atoms with E-state index in [1.54, 1.807) is 54.5 Å². The van der Waals surface area contributed by atoms with Crippen LogP contribution in [0.3, 0.4) is 0 Å². The van der Waals surface area contributed by atoms with E-state index in [0.29, 0.717) is 39.0 Å². The lowest BCUT2D eigenvalue weighted by molar-refractivity contribution is -0.318. The van der Waals surface area contributed by atoms with Crippen LogP contribution in [0.25, 0.3) is 0 Å². The van der Waals surface area contributed by atoms with Gasteiger partial charge in [0.1, 0.15) is 30.0 Å². The molecule has 0 radical (unpaired) electrons. The Morgan fingerprint density at radius 1 is 1.00 bits per heavy atom. The largest absolute Gasteiger partial charge is 0.483 e. The monoisotopic (exact) mass is 921 g/mol. The van der Waals surface area contributed by atoms with Crippen LogP contribution in [0.15, 0.2) is 12.7 Å². The molecule has 19 nitrogen and oxygen atoms in total. The first-order chi connectivity index (χ1) is 29.8. The number of nitrogens with one attached hydrogen (secondary N) is 2. The average molecular weight is 921 g/mol. The maximum absolute atomic E-state index is 14.4. The summed E-state index contributed by atoms with van der Waals surface area (Å²) in [5.41, 5.74) is -4.60. The summed E-state index contributed by atoms with van der Waals surface area (Å²) in [5, 5.41) is 71.9. The zero-order chi connectivity index (χ0) is 48.9. The predicted octanol–water partition coefficient (Wildman–Crippen LogP) is 1.85. The van der Waals surface area contributed by atoms with Crippen LogP contribution in [-0.2, 0) is 38.0 Å². The number of hydrogen-bond acceptors (Lipinski definition) is 16. The standard InChI is InChI=1S/C44H82N4O13.CH2O2/c1-15-18-45-41(53)46-19-17-20-48-24-25(3)22-42(9,54)38(61-40-34(49)31(47(12)13)21-26(4)57-40)27(5)35(60-33-23-43(10,56-14)37(51)30(8)58-33)28(6)39(52)59-32(16-2)44(11,55)36(50)29(48)7;2-1-3/h15,25-38,40,49-51,54-55H,1,16-24H2,2-14H3,(H2,45,46,53);1H,(H,2,3)/t25-,26-,27+,28-,29-,30+,31+,32-,33+,34-,35+,36-,37+,38-,40+,42-,43-,44-;/m1./s1. The van der Waals surface area contributed by atoms with Crippen LogP contribution in [0.5, 0.6) is 0 Å². The molecule has 0 saturated carbocycles. The molecule has 0 bridgehead atoms. The summed E-state index contributed by atoms with van der Waals surface area (Å²) in [6, 6.07) is -1.32. The topological polar surface area (TPSA) is 259 Å². The number of urea groups is 1. The second-order valence-electron chi connectivity index (χ2n) is 19.1. The van der Waals surface area contributed by atoms with E-state index in [1.807, 2.05) is 37.7 Å². The molecule has 3 heterocycles. The number of esters is 1. The normalized spacial score (nSPS) is 41.9. The minimum atomic E-state index is -1.90. The Morgan fingerprint density at radius 3 is 2.19 bits per heavy atom. The second kappa shape index (κ2) is 25.6. The molecule has 3 rings (SSSR count). The van der Waals surface area contributed by atoms with Crippen molar-refractivity contribution >= 4 is 18.5 Å². The van der Waals surface area contributed by atoms with E-state index in [4.69, 9.17) is 38.3 Å². The van der Waals surface area contributed by atoms with E-state index in [9.17, 15) is 35.1 Å². The van der Waals surface area contributed by atoms with Crippen LogP contribution in [0.1, 0.15) is 101 Å². The molecule has 0 aromatic carbocycles. The van der Waals surface area contributed by atoms with Gasteiger partial charge in [0.15, 0.2) is 12.6 Å². The van der Waals surface area contributed by atoms with Crippen molar-refractivity contribution in [2.45, 2.75) is 192 Å².